The molecule has 20 heavy (non-hydrogen) atoms. The molecule has 0 aromatic heterocycles. The Labute approximate surface area is 118 Å². The molecule has 0 amide bonds. The summed E-state index contributed by atoms with van der Waals surface area (Å²) in [6, 6.07) is 2.35. The molecule has 1 aliphatic carbocycles. The Kier molecular flexibility index (Phi) is 5.10. The monoisotopic (exact) mass is 303 g/mol. The fourth-order valence-electron chi connectivity index (χ4n) is 2.55. The van der Waals surface area contributed by atoms with Crippen molar-refractivity contribution in [1.82, 2.24) is 4.72 Å². The van der Waals surface area contributed by atoms with Gasteiger partial charge in [-0.05, 0) is 25.0 Å². The van der Waals surface area contributed by atoms with E-state index in [1.165, 1.54) is 6.42 Å². The van der Waals surface area contributed by atoms with Crippen molar-refractivity contribution in [3.8, 4) is 0 Å². The molecule has 0 unspecified atom stereocenters. The van der Waals surface area contributed by atoms with E-state index < -0.39 is 26.6 Å². The third kappa shape index (κ3) is 3.99. The number of benzene rings is 1. The van der Waals surface area contributed by atoms with E-state index in [4.69, 9.17) is 0 Å². The fourth-order valence-corrected chi connectivity index (χ4v) is 3.91. The smallest absolute Gasteiger partial charge is 0.208 e. The maximum absolute atomic E-state index is 13.6. The molecule has 0 spiro atoms. The zero-order valence-electron chi connectivity index (χ0n) is 11.2. The standard InChI is InChI=1S/C14H19F2NO2S/c15-11-8-9-14(13(16)10-11)20(18,19)17-12-6-4-2-1-3-5-7-12/h8-10,12,17H,1-7H2. The van der Waals surface area contributed by atoms with Crippen LogP contribution in [-0.2, 0) is 10.0 Å². The van der Waals surface area contributed by atoms with Crippen LogP contribution in [0.25, 0.3) is 0 Å². The Morgan fingerprint density at radius 1 is 1.00 bits per heavy atom. The van der Waals surface area contributed by atoms with E-state index in [9.17, 15) is 17.2 Å². The summed E-state index contributed by atoms with van der Waals surface area (Å²) < 4.78 is 53.3. The zero-order valence-corrected chi connectivity index (χ0v) is 12.1. The molecule has 1 N–H and O–H groups in total. The first-order valence-electron chi connectivity index (χ1n) is 6.96. The molecule has 0 saturated heterocycles. The van der Waals surface area contributed by atoms with Crippen LogP contribution in [0.15, 0.2) is 23.1 Å². The Hall–Kier alpha value is -1.01. The summed E-state index contributed by atoms with van der Waals surface area (Å²) in [5.41, 5.74) is 0. The molecule has 0 radical (unpaired) electrons. The Bertz CT molecular complexity index is 552. The van der Waals surface area contributed by atoms with Crippen LogP contribution in [0.1, 0.15) is 44.9 Å². The maximum atomic E-state index is 13.6. The molecule has 1 aromatic carbocycles. The van der Waals surface area contributed by atoms with Gasteiger partial charge in [0.1, 0.15) is 16.5 Å². The van der Waals surface area contributed by atoms with Gasteiger partial charge in [0.15, 0.2) is 0 Å². The summed E-state index contributed by atoms with van der Waals surface area (Å²) in [7, 11) is -3.93. The quantitative estimate of drug-likeness (QED) is 0.930. The van der Waals surface area contributed by atoms with Gasteiger partial charge in [-0.25, -0.2) is 21.9 Å². The van der Waals surface area contributed by atoms with Crippen LogP contribution in [0.5, 0.6) is 0 Å². The van der Waals surface area contributed by atoms with E-state index in [-0.39, 0.29) is 6.04 Å². The van der Waals surface area contributed by atoms with Crippen molar-refractivity contribution in [2.75, 3.05) is 0 Å². The van der Waals surface area contributed by atoms with E-state index in [1.54, 1.807) is 0 Å². The summed E-state index contributed by atoms with van der Waals surface area (Å²) in [6.45, 7) is 0. The normalized spacial score (nSPS) is 18.5. The summed E-state index contributed by atoms with van der Waals surface area (Å²) in [6.07, 6.45) is 6.86. The molecule has 1 saturated carbocycles. The predicted octanol–water partition coefficient (Wildman–Crippen LogP) is 3.36. The molecular weight excluding hydrogens is 284 g/mol. The average Bonchev–Trinajstić information content (AvgIpc) is 2.31. The van der Waals surface area contributed by atoms with Gasteiger partial charge in [-0.2, -0.15) is 0 Å². The first-order chi connectivity index (χ1) is 9.49. The van der Waals surface area contributed by atoms with Crippen molar-refractivity contribution < 1.29 is 17.2 Å². The van der Waals surface area contributed by atoms with Crippen LogP contribution in [0.2, 0.25) is 0 Å². The van der Waals surface area contributed by atoms with Crippen molar-refractivity contribution in [1.29, 1.82) is 0 Å². The third-order valence-corrected chi connectivity index (χ3v) is 5.16. The lowest BCUT2D eigenvalue weighted by Crippen LogP contribution is -2.35. The predicted molar refractivity (Wildman–Crippen MR) is 72.8 cm³/mol. The van der Waals surface area contributed by atoms with Crippen LogP contribution in [-0.4, -0.2) is 14.5 Å². The lowest BCUT2D eigenvalue weighted by molar-refractivity contribution is 0.425. The number of hydrogen-bond acceptors (Lipinski definition) is 2. The second-order valence-electron chi connectivity index (χ2n) is 5.24. The highest BCUT2D eigenvalue weighted by molar-refractivity contribution is 7.89. The number of halogens is 2. The molecule has 0 atom stereocenters. The molecule has 0 heterocycles. The van der Waals surface area contributed by atoms with Gasteiger partial charge in [0.25, 0.3) is 0 Å². The summed E-state index contributed by atoms with van der Waals surface area (Å²) in [5.74, 6) is -1.84. The van der Waals surface area contributed by atoms with Crippen molar-refractivity contribution >= 4 is 10.0 Å². The molecule has 1 fully saturated rings. The number of sulfonamides is 1. The SMILES string of the molecule is O=S(=O)(NC1CCCCCCC1)c1ccc(F)cc1F. The second kappa shape index (κ2) is 6.63. The summed E-state index contributed by atoms with van der Waals surface area (Å²) in [4.78, 5) is -0.485. The lowest BCUT2D eigenvalue weighted by Gasteiger charge is -2.21. The third-order valence-electron chi connectivity index (χ3n) is 3.61. The molecule has 6 heteroatoms. The molecule has 3 nitrogen and oxygen atoms in total. The highest BCUT2D eigenvalue weighted by atomic mass is 32.2. The Morgan fingerprint density at radius 2 is 1.60 bits per heavy atom. The molecule has 2 rings (SSSR count). The number of nitrogens with one attached hydrogen (secondary N) is 1. The van der Waals surface area contributed by atoms with E-state index in [2.05, 4.69) is 4.72 Å². The van der Waals surface area contributed by atoms with Gasteiger partial charge in [0.05, 0.1) is 0 Å². The van der Waals surface area contributed by atoms with Gasteiger partial charge in [-0.3, -0.25) is 0 Å². The Balaban J connectivity index is 2.13. The minimum absolute atomic E-state index is 0.162. The average molecular weight is 303 g/mol. The minimum Gasteiger partial charge on any atom is -0.208 e. The van der Waals surface area contributed by atoms with Crippen LogP contribution in [0.3, 0.4) is 0 Å². The van der Waals surface area contributed by atoms with Crippen molar-refractivity contribution in [3.05, 3.63) is 29.8 Å². The van der Waals surface area contributed by atoms with Crippen molar-refractivity contribution in [2.45, 2.75) is 55.9 Å². The van der Waals surface area contributed by atoms with Gasteiger partial charge < -0.3 is 0 Å². The van der Waals surface area contributed by atoms with E-state index in [0.29, 0.717) is 6.07 Å². The van der Waals surface area contributed by atoms with Gasteiger partial charge in [-0.15, -0.1) is 0 Å². The minimum atomic E-state index is -3.93. The van der Waals surface area contributed by atoms with Crippen molar-refractivity contribution in [3.63, 3.8) is 0 Å². The highest BCUT2D eigenvalue weighted by Crippen LogP contribution is 2.21. The first-order valence-corrected chi connectivity index (χ1v) is 8.45. The van der Waals surface area contributed by atoms with Gasteiger partial charge >= 0.3 is 0 Å². The molecule has 112 valence electrons. The van der Waals surface area contributed by atoms with Crippen molar-refractivity contribution in [2.24, 2.45) is 0 Å². The topological polar surface area (TPSA) is 46.2 Å². The fraction of sp³-hybridized carbons (Fsp3) is 0.571. The summed E-state index contributed by atoms with van der Waals surface area (Å²) >= 11 is 0. The molecule has 1 aliphatic rings. The molecule has 0 aliphatic heterocycles. The van der Waals surface area contributed by atoms with Gasteiger partial charge in [0.2, 0.25) is 10.0 Å². The Morgan fingerprint density at radius 3 is 2.20 bits per heavy atom. The molecular formula is C14H19F2NO2S. The highest BCUT2D eigenvalue weighted by Gasteiger charge is 2.23. The van der Waals surface area contributed by atoms with Gasteiger partial charge in [0, 0.05) is 12.1 Å². The van der Waals surface area contributed by atoms with E-state index in [0.717, 1.165) is 50.7 Å². The van der Waals surface area contributed by atoms with E-state index in [1.807, 2.05) is 0 Å². The van der Waals surface area contributed by atoms with Crippen LogP contribution < -0.4 is 4.72 Å². The van der Waals surface area contributed by atoms with Crippen LogP contribution in [0, 0.1) is 11.6 Å². The number of hydrogen-bond donors (Lipinski definition) is 1. The first kappa shape index (κ1) is 15.4. The van der Waals surface area contributed by atoms with Crippen LogP contribution >= 0.6 is 0 Å². The van der Waals surface area contributed by atoms with Gasteiger partial charge in [-0.1, -0.05) is 32.1 Å². The maximum Gasteiger partial charge on any atom is 0.243 e. The summed E-state index contributed by atoms with van der Waals surface area (Å²) in [5, 5.41) is 0. The second-order valence-corrected chi connectivity index (χ2v) is 6.92. The van der Waals surface area contributed by atoms with E-state index >= 15 is 0 Å². The molecule has 1 aromatic rings. The largest absolute Gasteiger partial charge is 0.243 e. The lowest BCUT2D eigenvalue weighted by atomic mass is 9.97. The zero-order chi connectivity index (χ0) is 14.6. The number of rotatable bonds is 3. The molecule has 0 bridgehead atoms. The van der Waals surface area contributed by atoms with Crippen LogP contribution in [0.4, 0.5) is 8.78 Å².